The van der Waals surface area contributed by atoms with Gasteiger partial charge >= 0.3 is 0 Å². The molecule has 19 heavy (non-hydrogen) atoms. The molecule has 1 unspecified atom stereocenters. The smallest absolute Gasteiger partial charge is 0.0126 e. The maximum absolute atomic E-state index is 4.04. The maximum atomic E-state index is 4.04. The normalized spacial score (nSPS) is 41.7. The molecular formula is C18H33N. The molecule has 4 rings (SSSR count). The molecule has 1 nitrogen and oxygen atoms in total. The number of unbranched alkanes of at least 4 members (excludes halogenated alkanes) is 3. The van der Waals surface area contributed by atoms with Crippen molar-refractivity contribution >= 4 is 0 Å². The Morgan fingerprint density at radius 1 is 0.895 bits per heavy atom. The molecule has 4 fully saturated rings. The number of nitrogens with one attached hydrogen (secondary N) is 1. The van der Waals surface area contributed by atoms with E-state index < -0.39 is 0 Å². The molecule has 1 heteroatoms. The van der Waals surface area contributed by atoms with Crippen molar-refractivity contribution < 1.29 is 0 Å². The van der Waals surface area contributed by atoms with Gasteiger partial charge in [0.05, 0.1) is 0 Å². The van der Waals surface area contributed by atoms with Crippen molar-refractivity contribution in [2.45, 2.75) is 90.1 Å². The van der Waals surface area contributed by atoms with E-state index in [-0.39, 0.29) is 0 Å². The largest absolute Gasteiger partial charge is 0.311 e. The highest BCUT2D eigenvalue weighted by atomic mass is 15.0. The van der Waals surface area contributed by atoms with Gasteiger partial charge in [0, 0.05) is 12.1 Å². The molecule has 0 radical (unpaired) electrons. The minimum Gasteiger partial charge on any atom is -0.311 e. The topological polar surface area (TPSA) is 12.0 Å². The van der Waals surface area contributed by atoms with E-state index in [1.165, 1.54) is 32.1 Å². The van der Waals surface area contributed by atoms with E-state index in [0.717, 1.165) is 35.8 Å². The lowest BCUT2D eigenvalue weighted by Crippen LogP contribution is -2.56. The summed E-state index contributed by atoms with van der Waals surface area (Å²) in [7, 11) is 0. The van der Waals surface area contributed by atoms with Crippen LogP contribution in [0.2, 0.25) is 0 Å². The van der Waals surface area contributed by atoms with Gasteiger partial charge in [-0.15, -0.1) is 0 Å². The molecule has 0 spiro atoms. The van der Waals surface area contributed by atoms with E-state index in [0.29, 0.717) is 0 Å². The molecule has 0 aromatic carbocycles. The summed E-state index contributed by atoms with van der Waals surface area (Å²) in [4.78, 5) is 0. The maximum Gasteiger partial charge on any atom is 0.0126 e. The fourth-order valence-electron chi connectivity index (χ4n) is 5.49. The molecule has 1 N–H and O–H groups in total. The minimum absolute atomic E-state index is 0.749. The average molecular weight is 263 g/mol. The van der Waals surface area contributed by atoms with Gasteiger partial charge in [-0.1, -0.05) is 32.6 Å². The summed E-state index contributed by atoms with van der Waals surface area (Å²) < 4.78 is 0. The quantitative estimate of drug-likeness (QED) is 0.653. The fraction of sp³-hybridized carbons (Fsp3) is 1.00. The van der Waals surface area contributed by atoms with Crippen molar-refractivity contribution in [2.75, 3.05) is 0 Å². The van der Waals surface area contributed by atoms with Gasteiger partial charge in [0.15, 0.2) is 0 Å². The first-order chi connectivity index (χ1) is 9.26. The van der Waals surface area contributed by atoms with Crippen LogP contribution in [0.1, 0.15) is 78.1 Å². The molecule has 0 aromatic rings. The average Bonchev–Trinajstić information content (AvgIpc) is 2.38. The molecule has 4 bridgehead atoms. The highest BCUT2D eigenvalue weighted by Crippen LogP contribution is 2.53. The Balaban J connectivity index is 1.44. The van der Waals surface area contributed by atoms with Gasteiger partial charge in [-0.05, 0) is 69.1 Å². The second-order valence-corrected chi connectivity index (χ2v) is 7.87. The van der Waals surface area contributed by atoms with Gasteiger partial charge in [0.1, 0.15) is 0 Å². The van der Waals surface area contributed by atoms with E-state index in [4.69, 9.17) is 0 Å². The van der Waals surface area contributed by atoms with Crippen LogP contribution in [0.25, 0.3) is 0 Å². The summed E-state index contributed by atoms with van der Waals surface area (Å²) in [6.07, 6.45) is 14.8. The van der Waals surface area contributed by atoms with Crippen molar-refractivity contribution in [3.8, 4) is 0 Å². The molecule has 4 saturated carbocycles. The third-order valence-corrected chi connectivity index (χ3v) is 6.19. The van der Waals surface area contributed by atoms with Crippen LogP contribution in [-0.4, -0.2) is 12.1 Å². The first-order valence-electron chi connectivity index (χ1n) is 9.02. The number of rotatable bonds is 7. The number of hydrogen-bond acceptors (Lipinski definition) is 1. The highest BCUT2D eigenvalue weighted by molar-refractivity contribution is 5.01. The summed E-state index contributed by atoms with van der Waals surface area (Å²) in [5.41, 5.74) is 0. The third kappa shape index (κ3) is 3.17. The Bertz CT molecular complexity index is 257. The van der Waals surface area contributed by atoms with Gasteiger partial charge in [0.25, 0.3) is 0 Å². The highest BCUT2D eigenvalue weighted by Gasteiger charge is 2.48. The van der Waals surface area contributed by atoms with Gasteiger partial charge in [-0.3, -0.25) is 0 Å². The molecule has 4 aliphatic rings. The van der Waals surface area contributed by atoms with Crippen LogP contribution in [0, 0.1) is 23.7 Å². The van der Waals surface area contributed by atoms with Crippen LogP contribution in [0.15, 0.2) is 0 Å². The lowest BCUT2D eigenvalue weighted by atomic mass is 9.54. The Morgan fingerprint density at radius 3 is 2.11 bits per heavy atom. The molecular weight excluding hydrogens is 230 g/mol. The van der Waals surface area contributed by atoms with E-state index >= 15 is 0 Å². The van der Waals surface area contributed by atoms with Gasteiger partial charge in [-0.25, -0.2) is 0 Å². The van der Waals surface area contributed by atoms with E-state index in [9.17, 15) is 0 Å². The summed E-state index contributed by atoms with van der Waals surface area (Å²) in [6, 6.07) is 1.63. The van der Waals surface area contributed by atoms with E-state index in [2.05, 4.69) is 19.2 Å². The van der Waals surface area contributed by atoms with Gasteiger partial charge < -0.3 is 5.32 Å². The SMILES string of the molecule is CCCCCCC(C)NC1C2CC3CC(C2)CC1C3. The zero-order valence-electron chi connectivity index (χ0n) is 13.0. The lowest BCUT2D eigenvalue weighted by Gasteiger charge is -2.55. The lowest BCUT2D eigenvalue weighted by molar-refractivity contribution is -0.0173. The van der Waals surface area contributed by atoms with Gasteiger partial charge in [0.2, 0.25) is 0 Å². The molecule has 0 aromatic heterocycles. The Kier molecular flexibility index (Phi) is 4.51. The van der Waals surface area contributed by atoms with Crippen LogP contribution in [0.5, 0.6) is 0 Å². The first kappa shape index (κ1) is 13.9. The van der Waals surface area contributed by atoms with E-state index in [1.807, 2.05) is 0 Å². The molecule has 110 valence electrons. The standard InChI is InChI=1S/C18H33N/c1-3-4-5-6-7-13(2)19-18-16-9-14-8-15(11-16)12-17(18)10-14/h13-19H,3-12H2,1-2H3. The van der Waals surface area contributed by atoms with Crippen LogP contribution in [0.4, 0.5) is 0 Å². The minimum atomic E-state index is 0.749. The molecule has 0 aliphatic heterocycles. The first-order valence-corrected chi connectivity index (χ1v) is 9.02. The third-order valence-electron chi connectivity index (χ3n) is 6.19. The monoisotopic (exact) mass is 263 g/mol. The van der Waals surface area contributed by atoms with Crippen LogP contribution in [0.3, 0.4) is 0 Å². The predicted octanol–water partition coefficient (Wildman–Crippen LogP) is 4.76. The molecule has 0 saturated heterocycles. The van der Waals surface area contributed by atoms with Crippen molar-refractivity contribution in [3.63, 3.8) is 0 Å². The summed E-state index contributed by atoms with van der Waals surface area (Å²) in [5.74, 6) is 4.30. The zero-order chi connectivity index (χ0) is 13.2. The molecule has 0 heterocycles. The second kappa shape index (κ2) is 6.16. The molecule has 0 amide bonds. The van der Waals surface area contributed by atoms with Crippen LogP contribution in [-0.2, 0) is 0 Å². The summed E-state index contributed by atoms with van der Waals surface area (Å²) in [6.45, 7) is 4.73. The van der Waals surface area contributed by atoms with E-state index in [1.54, 1.807) is 32.1 Å². The van der Waals surface area contributed by atoms with Crippen LogP contribution >= 0.6 is 0 Å². The zero-order valence-corrected chi connectivity index (χ0v) is 13.0. The number of hydrogen-bond donors (Lipinski definition) is 1. The summed E-state index contributed by atoms with van der Waals surface area (Å²) >= 11 is 0. The Labute approximate surface area is 119 Å². The van der Waals surface area contributed by atoms with Crippen molar-refractivity contribution in [3.05, 3.63) is 0 Å². The fourth-order valence-corrected chi connectivity index (χ4v) is 5.49. The second-order valence-electron chi connectivity index (χ2n) is 7.87. The Morgan fingerprint density at radius 2 is 1.53 bits per heavy atom. The predicted molar refractivity (Wildman–Crippen MR) is 82.2 cm³/mol. The Hall–Kier alpha value is -0.0400. The molecule has 1 atom stereocenters. The summed E-state index contributed by atoms with van der Waals surface area (Å²) in [5, 5.41) is 4.04. The van der Waals surface area contributed by atoms with Gasteiger partial charge in [-0.2, -0.15) is 0 Å². The van der Waals surface area contributed by atoms with Crippen molar-refractivity contribution in [1.82, 2.24) is 5.32 Å². The molecule has 4 aliphatic carbocycles. The van der Waals surface area contributed by atoms with Crippen molar-refractivity contribution in [2.24, 2.45) is 23.7 Å². The van der Waals surface area contributed by atoms with Crippen LogP contribution < -0.4 is 5.32 Å². The van der Waals surface area contributed by atoms with Crippen molar-refractivity contribution in [1.29, 1.82) is 0 Å².